The Bertz CT molecular complexity index is 722. The molecule has 1 aromatic rings. The van der Waals surface area contributed by atoms with Gasteiger partial charge >= 0.3 is 5.97 Å². The minimum absolute atomic E-state index is 0.126. The van der Waals surface area contributed by atoms with Crippen molar-refractivity contribution >= 4 is 17.8 Å². The van der Waals surface area contributed by atoms with E-state index < -0.39 is 18.2 Å². The molecule has 2 atom stereocenters. The van der Waals surface area contributed by atoms with Crippen LogP contribution in [0, 0.1) is 0 Å². The summed E-state index contributed by atoms with van der Waals surface area (Å²) in [6.07, 6.45) is -0.615. The first-order valence-electron chi connectivity index (χ1n) is 7.53. The van der Waals surface area contributed by atoms with E-state index in [1.54, 1.807) is 13.8 Å². The van der Waals surface area contributed by atoms with Gasteiger partial charge in [-0.2, -0.15) is 0 Å². The summed E-state index contributed by atoms with van der Waals surface area (Å²) in [5.41, 5.74) is 0.871. The monoisotopic (exact) mass is 330 g/mol. The smallest absolute Gasteiger partial charge is 0.354 e. The molecule has 7 heteroatoms. The Labute approximate surface area is 139 Å². The fourth-order valence-corrected chi connectivity index (χ4v) is 2.62. The maximum atomic E-state index is 12.3. The van der Waals surface area contributed by atoms with E-state index in [1.165, 1.54) is 12.0 Å². The van der Waals surface area contributed by atoms with E-state index >= 15 is 0 Å². The van der Waals surface area contributed by atoms with Gasteiger partial charge in [0.05, 0.1) is 7.11 Å². The van der Waals surface area contributed by atoms with Gasteiger partial charge in [0, 0.05) is 0 Å². The minimum atomic E-state index is -0.627. The lowest BCUT2D eigenvalue weighted by Gasteiger charge is -2.40. The molecule has 0 N–H and O–H groups in total. The molecule has 7 nitrogen and oxygen atoms in total. The molecule has 1 amide bonds. The van der Waals surface area contributed by atoms with Gasteiger partial charge in [-0.3, -0.25) is 9.69 Å². The number of fused-ring (bicyclic) bond motifs is 1. The number of hydrogen-bond acceptors (Lipinski definition) is 6. The van der Waals surface area contributed by atoms with Crippen molar-refractivity contribution in [3.63, 3.8) is 0 Å². The molecule has 0 aromatic heterocycles. The summed E-state index contributed by atoms with van der Waals surface area (Å²) in [4.78, 5) is 29.7. The highest BCUT2D eigenvalue weighted by atomic mass is 16.6. The van der Waals surface area contributed by atoms with Crippen molar-refractivity contribution < 1.29 is 23.8 Å². The van der Waals surface area contributed by atoms with Crippen molar-refractivity contribution in [2.24, 2.45) is 4.99 Å². The average Bonchev–Trinajstić information content (AvgIpc) is 2.97. The number of nitrogens with zero attached hydrogens (tertiary/aromatic N) is 2. The van der Waals surface area contributed by atoms with E-state index in [0.29, 0.717) is 17.2 Å². The van der Waals surface area contributed by atoms with Crippen LogP contribution in [0.5, 0.6) is 5.75 Å². The molecule has 1 aromatic carbocycles. The van der Waals surface area contributed by atoms with E-state index in [4.69, 9.17) is 14.2 Å². The standard InChI is InChI=1S/C17H18N2O5/c1-10(2)14(17(21)22-3)19-15(20)13-16(19)24-12(18-13)9-23-11-7-5-4-6-8-11/h4-8,13,16H,9H2,1-3H3/t13-,16-/m1/s1. The predicted octanol–water partition coefficient (Wildman–Crippen LogP) is 1.50. The lowest BCUT2D eigenvalue weighted by atomic mass is 10.0. The number of ether oxygens (including phenoxy) is 3. The Morgan fingerprint density at radius 1 is 1.29 bits per heavy atom. The number of likely N-dealkylation sites (tertiary alicyclic amines) is 1. The van der Waals surface area contributed by atoms with Crippen LogP contribution < -0.4 is 4.74 Å². The van der Waals surface area contributed by atoms with Crippen LogP contribution in [-0.2, 0) is 19.1 Å². The number of benzene rings is 1. The van der Waals surface area contributed by atoms with Crippen LogP contribution in [0.15, 0.2) is 46.6 Å². The molecular weight excluding hydrogens is 312 g/mol. The van der Waals surface area contributed by atoms with Crippen LogP contribution in [0.1, 0.15) is 13.8 Å². The number of carbonyl (C=O) groups excluding carboxylic acids is 2. The van der Waals surface area contributed by atoms with Crippen LogP contribution in [0.3, 0.4) is 0 Å². The minimum Gasteiger partial charge on any atom is -0.484 e. The largest absolute Gasteiger partial charge is 0.484 e. The fourth-order valence-electron chi connectivity index (χ4n) is 2.62. The Hall–Kier alpha value is -2.83. The highest BCUT2D eigenvalue weighted by molar-refractivity contribution is 6.02. The van der Waals surface area contributed by atoms with E-state index in [0.717, 1.165) is 0 Å². The quantitative estimate of drug-likeness (QED) is 0.464. The molecule has 0 aliphatic carbocycles. The molecular formula is C17H18N2O5. The zero-order chi connectivity index (χ0) is 17.3. The Balaban J connectivity index is 1.68. The lowest BCUT2D eigenvalue weighted by molar-refractivity contribution is -0.163. The SMILES string of the molecule is COC(=O)C(=C(C)C)N1C(=O)[C@H]2N=C(COc3ccccc3)O[C@H]21. The summed E-state index contributed by atoms with van der Waals surface area (Å²) in [6, 6.07) is 8.62. The topological polar surface area (TPSA) is 77.4 Å². The first-order valence-corrected chi connectivity index (χ1v) is 7.53. The van der Waals surface area contributed by atoms with E-state index in [-0.39, 0.29) is 18.2 Å². The molecule has 0 radical (unpaired) electrons. The normalized spacial score (nSPS) is 21.2. The van der Waals surface area contributed by atoms with E-state index in [9.17, 15) is 9.59 Å². The van der Waals surface area contributed by atoms with Gasteiger partial charge in [-0.05, 0) is 31.6 Å². The summed E-state index contributed by atoms with van der Waals surface area (Å²) < 4.78 is 16.0. The number of methoxy groups -OCH3 is 1. The number of carbonyl (C=O) groups is 2. The maximum absolute atomic E-state index is 12.3. The number of amides is 1. The van der Waals surface area contributed by atoms with Crippen LogP contribution in [0.25, 0.3) is 0 Å². The Morgan fingerprint density at radius 2 is 2.00 bits per heavy atom. The molecule has 3 rings (SSSR count). The predicted molar refractivity (Wildman–Crippen MR) is 85.3 cm³/mol. The number of hydrogen-bond donors (Lipinski definition) is 0. The third kappa shape index (κ3) is 2.73. The van der Waals surface area contributed by atoms with Crippen LogP contribution in [0.4, 0.5) is 0 Å². The highest BCUT2D eigenvalue weighted by Gasteiger charge is 2.56. The summed E-state index contributed by atoms with van der Waals surface area (Å²) in [5, 5.41) is 0. The second-order valence-corrected chi connectivity index (χ2v) is 5.63. The van der Waals surface area contributed by atoms with Crippen molar-refractivity contribution in [2.75, 3.05) is 13.7 Å². The molecule has 24 heavy (non-hydrogen) atoms. The molecule has 1 saturated heterocycles. The second-order valence-electron chi connectivity index (χ2n) is 5.63. The number of esters is 1. The molecule has 0 spiro atoms. The van der Waals surface area contributed by atoms with Gasteiger partial charge in [-0.1, -0.05) is 18.2 Å². The zero-order valence-electron chi connectivity index (χ0n) is 13.7. The zero-order valence-corrected chi connectivity index (χ0v) is 13.7. The number of rotatable bonds is 5. The molecule has 0 saturated carbocycles. The number of β-lactam (4-membered cyclic amide) rings is 1. The van der Waals surface area contributed by atoms with Crippen LogP contribution >= 0.6 is 0 Å². The van der Waals surface area contributed by atoms with E-state index in [1.807, 2.05) is 30.3 Å². The van der Waals surface area contributed by atoms with Crippen molar-refractivity contribution in [3.05, 3.63) is 41.6 Å². The third-order valence-corrected chi connectivity index (χ3v) is 3.75. The molecule has 126 valence electrons. The van der Waals surface area contributed by atoms with Crippen molar-refractivity contribution in [3.8, 4) is 5.75 Å². The van der Waals surface area contributed by atoms with Crippen LogP contribution in [0.2, 0.25) is 0 Å². The third-order valence-electron chi connectivity index (χ3n) is 3.75. The maximum Gasteiger partial charge on any atom is 0.354 e. The molecule has 0 bridgehead atoms. The number of aliphatic imine (C=N–C) groups is 1. The second kappa shape index (κ2) is 6.35. The van der Waals surface area contributed by atoms with Gasteiger partial charge in [0.1, 0.15) is 11.4 Å². The number of para-hydroxylation sites is 1. The molecule has 2 aliphatic heterocycles. The van der Waals surface area contributed by atoms with Crippen LogP contribution in [-0.4, -0.2) is 48.7 Å². The summed E-state index contributed by atoms with van der Waals surface area (Å²) in [5.74, 6) is 0.171. The Kier molecular flexibility index (Phi) is 4.24. The average molecular weight is 330 g/mol. The van der Waals surface area contributed by atoms with Crippen molar-refractivity contribution in [1.29, 1.82) is 0 Å². The molecule has 0 unspecified atom stereocenters. The fraction of sp³-hybridized carbons (Fsp3) is 0.353. The van der Waals surface area contributed by atoms with E-state index in [2.05, 4.69) is 4.99 Å². The van der Waals surface area contributed by atoms with Gasteiger partial charge in [0.15, 0.2) is 12.6 Å². The lowest BCUT2D eigenvalue weighted by Crippen LogP contribution is -2.63. The number of allylic oxidation sites excluding steroid dienone is 1. The van der Waals surface area contributed by atoms with Crippen molar-refractivity contribution in [1.82, 2.24) is 4.90 Å². The molecule has 2 heterocycles. The first-order chi connectivity index (χ1) is 11.5. The van der Waals surface area contributed by atoms with Gasteiger partial charge in [-0.25, -0.2) is 9.79 Å². The van der Waals surface area contributed by atoms with Gasteiger partial charge < -0.3 is 14.2 Å². The summed E-state index contributed by atoms with van der Waals surface area (Å²) in [6.45, 7) is 3.60. The highest BCUT2D eigenvalue weighted by Crippen LogP contribution is 2.34. The van der Waals surface area contributed by atoms with Gasteiger partial charge in [0.25, 0.3) is 5.91 Å². The van der Waals surface area contributed by atoms with Crippen molar-refractivity contribution in [2.45, 2.75) is 26.1 Å². The van der Waals surface area contributed by atoms with Gasteiger partial charge in [0.2, 0.25) is 12.1 Å². The first kappa shape index (κ1) is 16.0. The summed E-state index contributed by atoms with van der Waals surface area (Å²) in [7, 11) is 1.28. The summed E-state index contributed by atoms with van der Waals surface area (Å²) >= 11 is 0. The molecule has 1 fully saturated rings. The Morgan fingerprint density at radius 3 is 2.62 bits per heavy atom. The molecule has 2 aliphatic rings. The van der Waals surface area contributed by atoms with Gasteiger partial charge in [-0.15, -0.1) is 0 Å².